The first kappa shape index (κ1) is 15.1. The lowest BCUT2D eigenvalue weighted by molar-refractivity contribution is 0.559. The zero-order valence-corrected chi connectivity index (χ0v) is 12.3. The minimum Gasteiger partial charge on any atom is -0.316 e. The Morgan fingerprint density at radius 1 is 1.28 bits per heavy atom. The van der Waals surface area contributed by atoms with E-state index in [1.165, 1.54) is 0 Å². The fourth-order valence-corrected chi connectivity index (χ4v) is 3.19. The zero-order chi connectivity index (χ0) is 13.8. The maximum atomic E-state index is 12.2. The molecular formula is C13H22N2O2S. The van der Waals surface area contributed by atoms with E-state index < -0.39 is 10.0 Å². The van der Waals surface area contributed by atoms with Gasteiger partial charge in [0.1, 0.15) is 0 Å². The van der Waals surface area contributed by atoms with Crippen LogP contribution in [0.2, 0.25) is 0 Å². The maximum Gasteiger partial charge on any atom is 0.240 e. The molecular weight excluding hydrogens is 248 g/mol. The van der Waals surface area contributed by atoms with Crippen LogP contribution in [0.15, 0.2) is 23.1 Å². The quantitative estimate of drug-likeness (QED) is 0.826. The van der Waals surface area contributed by atoms with E-state index in [9.17, 15) is 8.42 Å². The van der Waals surface area contributed by atoms with Crippen molar-refractivity contribution < 1.29 is 8.42 Å². The van der Waals surface area contributed by atoms with E-state index in [-0.39, 0.29) is 0 Å². The van der Waals surface area contributed by atoms with Gasteiger partial charge in [-0.3, -0.25) is 0 Å². The van der Waals surface area contributed by atoms with Gasteiger partial charge in [0.05, 0.1) is 4.90 Å². The lowest BCUT2D eigenvalue weighted by Gasteiger charge is -2.13. The first-order valence-electron chi connectivity index (χ1n) is 6.11. The molecule has 0 atom stereocenters. The van der Waals surface area contributed by atoms with Crippen LogP contribution in [0, 0.1) is 12.8 Å². The van der Waals surface area contributed by atoms with Gasteiger partial charge in [-0.25, -0.2) is 13.1 Å². The minimum atomic E-state index is -3.40. The molecule has 5 heteroatoms. The van der Waals surface area contributed by atoms with Crippen LogP contribution in [0.25, 0.3) is 0 Å². The summed E-state index contributed by atoms with van der Waals surface area (Å²) in [5, 5.41) is 3.04. The van der Waals surface area contributed by atoms with E-state index in [1.54, 1.807) is 12.1 Å². The first-order valence-corrected chi connectivity index (χ1v) is 7.59. The number of nitrogens with one attached hydrogen (secondary N) is 2. The van der Waals surface area contributed by atoms with Gasteiger partial charge >= 0.3 is 0 Å². The minimum absolute atomic E-state index is 0.292. The summed E-state index contributed by atoms with van der Waals surface area (Å²) in [4.78, 5) is 0.371. The van der Waals surface area contributed by atoms with Crippen LogP contribution in [-0.2, 0) is 16.6 Å². The summed E-state index contributed by atoms with van der Waals surface area (Å²) in [5.41, 5.74) is 1.81. The molecule has 18 heavy (non-hydrogen) atoms. The normalized spacial score (nSPS) is 12.1. The van der Waals surface area contributed by atoms with Gasteiger partial charge in [-0.1, -0.05) is 26.0 Å². The summed E-state index contributed by atoms with van der Waals surface area (Å²) >= 11 is 0. The predicted molar refractivity (Wildman–Crippen MR) is 74.0 cm³/mol. The van der Waals surface area contributed by atoms with Gasteiger partial charge in [-0.2, -0.15) is 0 Å². The van der Waals surface area contributed by atoms with Crippen molar-refractivity contribution in [1.82, 2.24) is 10.0 Å². The Morgan fingerprint density at radius 2 is 1.94 bits per heavy atom. The van der Waals surface area contributed by atoms with Gasteiger partial charge < -0.3 is 5.32 Å². The van der Waals surface area contributed by atoms with Gasteiger partial charge in [0.2, 0.25) is 10.0 Å². The third-order valence-electron chi connectivity index (χ3n) is 2.73. The Bertz CT molecular complexity index is 496. The highest BCUT2D eigenvalue weighted by Crippen LogP contribution is 2.18. The molecule has 1 aromatic carbocycles. The molecule has 1 aromatic rings. The van der Waals surface area contributed by atoms with Gasteiger partial charge in [-0.15, -0.1) is 0 Å². The fraction of sp³-hybridized carbons (Fsp3) is 0.538. The van der Waals surface area contributed by atoms with E-state index in [0.717, 1.165) is 11.1 Å². The average Bonchev–Trinajstić information content (AvgIpc) is 2.29. The topological polar surface area (TPSA) is 58.2 Å². The Morgan fingerprint density at radius 3 is 2.50 bits per heavy atom. The second kappa shape index (κ2) is 6.31. The Hall–Kier alpha value is -0.910. The van der Waals surface area contributed by atoms with Gasteiger partial charge in [0.15, 0.2) is 0 Å². The van der Waals surface area contributed by atoms with E-state index in [4.69, 9.17) is 0 Å². The molecule has 0 radical (unpaired) electrons. The molecule has 0 aliphatic carbocycles. The molecule has 4 nitrogen and oxygen atoms in total. The van der Waals surface area contributed by atoms with Crippen molar-refractivity contribution in [2.45, 2.75) is 32.2 Å². The van der Waals surface area contributed by atoms with Crippen molar-refractivity contribution in [2.24, 2.45) is 5.92 Å². The van der Waals surface area contributed by atoms with Gasteiger partial charge in [0.25, 0.3) is 0 Å². The lowest BCUT2D eigenvalue weighted by Crippen LogP contribution is -2.28. The van der Waals surface area contributed by atoms with Gasteiger partial charge in [0, 0.05) is 13.1 Å². The van der Waals surface area contributed by atoms with Crippen LogP contribution in [0.5, 0.6) is 0 Å². The lowest BCUT2D eigenvalue weighted by atomic mass is 10.1. The highest BCUT2D eigenvalue weighted by Gasteiger charge is 2.18. The summed E-state index contributed by atoms with van der Waals surface area (Å²) in [5.74, 6) is 0.292. The van der Waals surface area contributed by atoms with Crippen LogP contribution >= 0.6 is 0 Å². The van der Waals surface area contributed by atoms with Gasteiger partial charge in [-0.05, 0) is 37.1 Å². The second-order valence-corrected chi connectivity index (χ2v) is 6.55. The zero-order valence-electron chi connectivity index (χ0n) is 11.4. The van der Waals surface area contributed by atoms with Crippen LogP contribution in [0.3, 0.4) is 0 Å². The van der Waals surface area contributed by atoms with Crippen molar-refractivity contribution in [3.63, 3.8) is 0 Å². The highest BCUT2D eigenvalue weighted by atomic mass is 32.2. The van der Waals surface area contributed by atoms with E-state index in [2.05, 4.69) is 10.0 Å². The maximum absolute atomic E-state index is 12.2. The van der Waals surface area contributed by atoms with Crippen molar-refractivity contribution in [2.75, 3.05) is 13.6 Å². The summed E-state index contributed by atoms with van der Waals surface area (Å²) in [6.45, 7) is 6.92. The molecule has 0 fully saturated rings. The Kier molecular flexibility index (Phi) is 5.31. The molecule has 0 saturated carbocycles. The third-order valence-corrected chi connectivity index (χ3v) is 4.30. The average molecular weight is 270 g/mol. The predicted octanol–water partition coefficient (Wildman–Crippen LogP) is 1.65. The van der Waals surface area contributed by atoms with E-state index in [0.29, 0.717) is 23.9 Å². The van der Waals surface area contributed by atoms with Crippen LogP contribution in [0.1, 0.15) is 25.0 Å². The number of hydrogen-bond acceptors (Lipinski definition) is 3. The molecule has 2 N–H and O–H groups in total. The number of rotatable bonds is 6. The first-order chi connectivity index (χ1) is 8.38. The van der Waals surface area contributed by atoms with Crippen LogP contribution < -0.4 is 10.0 Å². The number of benzene rings is 1. The largest absolute Gasteiger partial charge is 0.316 e. The molecule has 0 aromatic heterocycles. The molecule has 0 saturated heterocycles. The third kappa shape index (κ3) is 3.80. The molecule has 0 aliphatic rings. The van der Waals surface area contributed by atoms with E-state index in [1.807, 2.05) is 33.9 Å². The van der Waals surface area contributed by atoms with Crippen LogP contribution in [-0.4, -0.2) is 22.0 Å². The Balaban J connectivity index is 3.05. The van der Waals surface area contributed by atoms with Crippen molar-refractivity contribution in [3.05, 3.63) is 29.3 Å². The molecule has 0 bridgehead atoms. The molecule has 0 unspecified atom stereocenters. The standard InChI is InChI=1S/C13H22N2O2S/c1-10(2)8-15-18(16,17)13-7-5-6-12(9-14-4)11(13)3/h5-7,10,14-15H,8-9H2,1-4H3. The summed E-state index contributed by atoms with van der Waals surface area (Å²) in [6.07, 6.45) is 0. The van der Waals surface area contributed by atoms with E-state index >= 15 is 0 Å². The SMILES string of the molecule is CNCc1cccc(S(=O)(=O)NCC(C)C)c1C. The molecule has 0 spiro atoms. The fourth-order valence-electron chi connectivity index (χ4n) is 1.69. The van der Waals surface area contributed by atoms with Crippen LogP contribution in [0.4, 0.5) is 0 Å². The molecule has 0 amide bonds. The Labute approximate surface area is 110 Å². The van der Waals surface area contributed by atoms with Crippen molar-refractivity contribution in [3.8, 4) is 0 Å². The molecule has 1 rings (SSSR count). The molecule has 0 aliphatic heterocycles. The summed E-state index contributed by atoms with van der Waals surface area (Å²) in [7, 11) is -1.56. The number of hydrogen-bond donors (Lipinski definition) is 2. The molecule has 102 valence electrons. The van der Waals surface area contributed by atoms with Crippen molar-refractivity contribution in [1.29, 1.82) is 0 Å². The smallest absolute Gasteiger partial charge is 0.240 e. The monoisotopic (exact) mass is 270 g/mol. The summed E-state index contributed by atoms with van der Waals surface area (Å²) in [6, 6.07) is 5.37. The summed E-state index contributed by atoms with van der Waals surface area (Å²) < 4.78 is 27.0. The van der Waals surface area contributed by atoms with Crippen molar-refractivity contribution >= 4 is 10.0 Å². The highest BCUT2D eigenvalue weighted by molar-refractivity contribution is 7.89. The second-order valence-electron chi connectivity index (χ2n) is 4.82. The number of sulfonamides is 1. The molecule has 0 heterocycles.